The first-order valence-electron chi connectivity index (χ1n) is 12.8. The summed E-state index contributed by atoms with van der Waals surface area (Å²) >= 11 is 0. The van der Waals surface area contributed by atoms with Gasteiger partial charge in [-0.15, -0.1) is 0 Å². The molecule has 0 aliphatic carbocycles. The molecule has 0 spiro atoms. The van der Waals surface area contributed by atoms with Crippen LogP contribution < -0.4 is 4.90 Å². The molecule has 4 aromatic rings. The van der Waals surface area contributed by atoms with Crippen LogP contribution in [0.15, 0.2) is 48.5 Å². The summed E-state index contributed by atoms with van der Waals surface area (Å²) in [6.45, 7) is 13.2. The number of amides is 1. The number of hydrogen-bond acceptors (Lipinski definition) is 5. The van der Waals surface area contributed by atoms with Gasteiger partial charge in [-0.25, -0.2) is 14.6 Å². The van der Waals surface area contributed by atoms with Gasteiger partial charge in [0.25, 0.3) is 5.91 Å². The third-order valence-electron chi connectivity index (χ3n) is 7.20. The Bertz CT molecular complexity index is 1380. The molecule has 1 atom stereocenters. The molecular weight excluding hydrogens is 448 g/mol. The van der Waals surface area contributed by atoms with Gasteiger partial charge in [-0.2, -0.15) is 5.10 Å². The molecule has 186 valence electrons. The Kier molecular flexibility index (Phi) is 6.48. The second-order valence-corrected chi connectivity index (χ2v) is 9.89. The van der Waals surface area contributed by atoms with Crippen molar-refractivity contribution in [2.75, 3.05) is 31.1 Å². The summed E-state index contributed by atoms with van der Waals surface area (Å²) in [5.41, 5.74) is 5.85. The van der Waals surface area contributed by atoms with Crippen molar-refractivity contribution in [1.82, 2.24) is 24.6 Å². The van der Waals surface area contributed by atoms with Gasteiger partial charge in [0.15, 0.2) is 5.65 Å². The number of anilines is 1. The molecule has 7 nitrogen and oxygen atoms in total. The number of rotatable bonds is 5. The average Bonchev–Trinajstić information content (AvgIpc) is 3.24. The summed E-state index contributed by atoms with van der Waals surface area (Å²) in [6.07, 6.45) is 0.960. The third kappa shape index (κ3) is 4.45. The Hall–Kier alpha value is -3.74. The van der Waals surface area contributed by atoms with Gasteiger partial charge in [0.05, 0.1) is 16.8 Å². The van der Waals surface area contributed by atoms with Crippen LogP contribution in [0.2, 0.25) is 0 Å². The smallest absolute Gasteiger partial charge is 0.253 e. The van der Waals surface area contributed by atoms with Gasteiger partial charge in [-0.05, 0) is 51.5 Å². The van der Waals surface area contributed by atoms with Crippen molar-refractivity contribution < 1.29 is 4.79 Å². The highest BCUT2D eigenvalue weighted by molar-refractivity contribution is 5.95. The normalized spacial score (nSPS) is 14.9. The lowest BCUT2D eigenvalue weighted by atomic mass is 10.1. The van der Waals surface area contributed by atoms with Gasteiger partial charge in [-0.1, -0.05) is 49.2 Å². The minimum atomic E-state index is 0.0890. The lowest BCUT2D eigenvalue weighted by Crippen LogP contribution is -2.49. The lowest BCUT2D eigenvalue weighted by molar-refractivity contribution is 0.0746. The SMILES string of the molecule is CC[C@H](C)c1nc(N2CCN(C(=O)c3ccc(C)cc3)CC2)c2c(C)nn(-c3ccc(C)cc3)c2n1. The van der Waals surface area contributed by atoms with Crippen LogP contribution >= 0.6 is 0 Å². The zero-order valence-electron chi connectivity index (χ0n) is 21.8. The summed E-state index contributed by atoms with van der Waals surface area (Å²) in [6, 6.07) is 16.2. The number of carbonyl (C=O) groups excluding carboxylic acids is 1. The number of aryl methyl sites for hydroxylation is 3. The van der Waals surface area contributed by atoms with Crippen LogP contribution in [0.4, 0.5) is 5.82 Å². The summed E-state index contributed by atoms with van der Waals surface area (Å²) in [5, 5.41) is 5.87. The molecular formula is C29H34N6O. The average molecular weight is 483 g/mol. The maximum absolute atomic E-state index is 13.1. The molecule has 1 aliphatic rings. The Labute approximate surface area is 212 Å². The maximum atomic E-state index is 13.1. The number of carbonyl (C=O) groups is 1. The van der Waals surface area contributed by atoms with Crippen LogP contribution in [-0.4, -0.2) is 56.7 Å². The van der Waals surface area contributed by atoms with E-state index in [2.05, 4.69) is 49.9 Å². The first-order chi connectivity index (χ1) is 17.4. The second-order valence-electron chi connectivity index (χ2n) is 9.89. The first-order valence-corrected chi connectivity index (χ1v) is 12.8. The van der Waals surface area contributed by atoms with E-state index in [9.17, 15) is 4.79 Å². The molecule has 0 radical (unpaired) electrons. The Morgan fingerprint density at radius 1 is 0.889 bits per heavy atom. The zero-order valence-corrected chi connectivity index (χ0v) is 21.8. The molecule has 2 aromatic heterocycles. The van der Waals surface area contributed by atoms with Crippen LogP contribution in [0.5, 0.6) is 0 Å². The number of nitrogens with zero attached hydrogens (tertiary/aromatic N) is 6. The maximum Gasteiger partial charge on any atom is 0.253 e. The molecule has 7 heteroatoms. The van der Waals surface area contributed by atoms with E-state index in [1.807, 2.05) is 47.7 Å². The molecule has 0 N–H and O–H groups in total. The highest BCUT2D eigenvalue weighted by Crippen LogP contribution is 2.32. The molecule has 0 saturated carbocycles. The lowest BCUT2D eigenvalue weighted by Gasteiger charge is -2.36. The number of fused-ring (bicyclic) bond motifs is 1. The predicted octanol–water partition coefficient (Wildman–Crippen LogP) is 5.22. The minimum absolute atomic E-state index is 0.0890. The van der Waals surface area contributed by atoms with Gasteiger partial charge in [0.2, 0.25) is 0 Å². The van der Waals surface area contributed by atoms with Gasteiger partial charge in [0, 0.05) is 37.7 Å². The highest BCUT2D eigenvalue weighted by Gasteiger charge is 2.27. The van der Waals surface area contributed by atoms with Crippen LogP contribution in [0.1, 0.15) is 59.2 Å². The molecule has 0 unspecified atom stereocenters. The molecule has 3 heterocycles. The fraction of sp³-hybridized carbons (Fsp3) is 0.379. The standard InChI is InChI=1S/C29H34N6O/c1-6-21(4)26-30-27(25-22(5)32-35(28(25)31-26)24-13-9-20(3)10-14-24)33-15-17-34(18-16-33)29(36)23-11-7-19(2)8-12-23/h7-14,21H,6,15-18H2,1-5H3/t21-/m0/s1. The van der Waals surface area contributed by atoms with Gasteiger partial charge in [-0.3, -0.25) is 4.79 Å². The van der Waals surface area contributed by atoms with Crippen molar-refractivity contribution in [3.05, 3.63) is 76.7 Å². The van der Waals surface area contributed by atoms with Crippen molar-refractivity contribution in [2.24, 2.45) is 0 Å². The third-order valence-corrected chi connectivity index (χ3v) is 7.20. The molecule has 1 saturated heterocycles. The van der Waals surface area contributed by atoms with E-state index in [0.29, 0.717) is 13.1 Å². The monoisotopic (exact) mass is 482 g/mol. The Morgan fingerprint density at radius 2 is 1.50 bits per heavy atom. The molecule has 36 heavy (non-hydrogen) atoms. The quantitative estimate of drug-likeness (QED) is 0.390. The molecule has 0 bridgehead atoms. The number of aromatic nitrogens is 4. The van der Waals surface area contributed by atoms with Gasteiger partial charge < -0.3 is 9.80 Å². The molecule has 1 fully saturated rings. The Morgan fingerprint density at radius 3 is 2.11 bits per heavy atom. The molecule has 5 rings (SSSR count). The number of piperazine rings is 1. The first kappa shape index (κ1) is 24.0. The van der Waals surface area contributed by atoms with Crippen LogP contribution in [0.25, 0.3) is 16.7 Å². The van der Waals surface area contributed by atoms with Crippen molar-refractivity contribution in [3.8, 4) is 5.69 Å². The fourth-order valence-electron chi connectivity index (χ4n) is 4.68. The number of benzene rings is 2. The molecule has 1 aliphatic heterocycles. The van der Waals surface area contributed by atoms with Crippen molar-refractivity contribution >= 4 is 22.8 Å². The zero-order chi connectivity index (χ0) is 25.4. The van der Waals surface area contributed by atoms with E-state index in [-0.39, 0.29) is 11.8 Å². The van der Waals surface area contributed by atoms with E-state index in [1.165, 1.54) is 5.56 Å². The Balaban J connectivity index is 1.49. The summed E-state index contributed by atoms with van der Waals surface area (Å²) < 4.78 is 1.94. The van der Waals surface area contributed by atoms with Crippen molar-refractivity contribution in [1.29, 1.82) is 0 Å². The second kappa shape index (κ2) is 9.72. The van der Waals surface area contributed by atoms with Crippen LogP contribution in [0.3, 0.4) is 0 Å². The molecule has 1 amide bonds. The number of hydrogen-bond donors (Lipinski definition) is 0. The summed E-state index contributed by atoms with van der Waals surface area (Å²) in [7, 11) is 0. The van der Waals surface area contributed by atoms with Crippen molar-refractivity contribution in [2.45, 2.75) is 47.0 Å². The predicted molar refractivity (Wildman–Crippen MR) is 144 cm³/mol. The van der Waals surface area contributed by atoms with E-state index in [0.717, 1.165) is 64.7 Å². The van der Waals surface area contributed by atoms with E-state index < -0.39 is 0 Å². The summed E-state index contributed by atoms with van der Waals surface area (Å²) in [5.74, 6) is 2.09. The topological polar surface area (TPSA) is 67.2 Å². The van der Waals surface area contributed by atoms with Crippen LogP contribution in [0, 0.1) is 20.8 Å². The van der Waals surface area contributed by atoms with Crippen LogP contribution in [-0.2, 0) is 0 Å². The molecule has 2 aromatic carbocycles. The van der Waals surface area contributed by atoms with E-state index >= 15 is 0 Å². The van der Waals surface area contributed by atoms with Crippen molar-refractivity contribution in [3.63, 3.8) is 0 Å². The van der Waals surface area contributed by atoms with E-state index in [1.54, 1.807) is 0 Å². The fourth-order valence-corrected chi connectivity index (χ4v) is 4.68. The highest BCUT2D eigenvalue weighted by atomic mass is 16.2. The van der Waals surface area contributed by atoms with Gasteiger partial charge in [0.1, 0.15) is 11.6 Å². The van der Waals surface area contributed by atoms with Gasteiger partial charge >= 0.3 is 0 Å². The largest absolute Gasteiger partial charge is 0.352 e. The van der Waals surface area contributed by atoms with E-state index in [4.69, 9.17) is 15.1 Å². The minimum Gasteiger partial charge on any atom is -0.352 e. The summed E-state index contributed by atoms with van der Waals surface area (Å²) in [4.78, 5) is 27.4.